The maximum Gasteiger partial charge on any atom is 0.163 e. The summed E-state index contributed by atoms with van der Waals surface area (Å²) in [5, 5.41) is 3.29. The maximum atomic E-state index is 14.1. The Morgan fingerprint density at radius 1 is 1.14 bits per heavy atom. The van der Waals surface area contributed by atoms with E-state index in [0.717, 1.165) is 41.8 Å². The molecule has 28 heavy (non-hydrogen) atoms. The summed E-state index contributed by atoms with van der Waals surface area (Å²) in [4.78, 5) is 28.5. The number of halogens is 1. The molecule has 0 saturated carbocycles. The molecule has 2 aliphatic rings. The number of Topliss-reactive ketones (excluding diaryl/α,β-unsaturated/α-hetero) is 1. The zero-order valence-corrected chi connectivity index (χ0v) is 15.4. The fourth-order valence-corrected chi connectivity index (χ4v) is 4.24. The van der Waals surface area contributed by atoms with E-state index >= 15 is 0 Å². The Bertz CT molecular complexity index is 1070. The molecule has 1 saturated heterocycles. The summed E-state index contributed by atoms with van der Waals surface area (Å²) in [6.07, 6.45) is 4.41. The highest BCUT2D eigenvalue weighted by Crippen LogP contribution is 2.38. The van der Waals surface area contributed by atoms with Crippen LogP contribution in [-0.4, -0.2) is 33.8 Å². The van der Waals surface area contributed by atoms with Crippen LogP contribution < -0.4 is 10.2 Å². The molecule has 0 aliphatic carbocycles. The molecule has 0 radical (unpaired) electrons. The zero-order chi connectivity index (χ0) is 19.1. The second kappa shape index (κ2) is 6.82. The summed E-state index contributed by atoms with van der Waals surface area (Å²) >= 11 is 0. The number of pyridine rings is 1. The summed E-state index contributed by atoms with van der Waals surface area (Å²) in [5.74, 6) is 1.22. The molecule has 142 valence electrons. The second-order valence-corrected chi connectivity index (χ2v) is 7.30. The number of fused-ring (bicyclic) bond motifs is 5. The molecule has 1 N–H and O–H groups in total. The maximum absolute atomic E-state index is 14.1. The van der Waals surface area contributed by atoms with Gasteiger partial charge in [0.15, 0.2) is 11.6 Å². The van der Waals surface area contributed by atoms with Gasteiger partial charge in [-0.1, -0.05) is 0 Å². The smallest absolute Gasteiger partial charge is 0.163 e. The molecule has 2 aromatic heterocycles. The van der Waals surface area contributed by atoms with E-state index in [-0.39, 0.29) is 17.6 Å². The predicted octanol–water partition coefficient (Wildman–Crippen LogP) is 3.89. The van der Waals surface area contributed by atoms with Crippen LogP contribution in [0.3, 0.4) is 0 Å². The summed E-state index contributed by atoms with van der Waals surface area (Å²) < 4.78 is 14.1. The number of carbonyl (C=O) groups is 1. The van der Waals surface area contributed by atoms with Crippen LogP contribution >= 0.6 is 0 Å². The van der Waals surface area contributed by atoms with E-state index in [9.17, 15) is 9.18 Å². The van der Waals surface area contributed by atoms with Gasteiger partial charge in [-0.15, -0.1) is 0 Å². The van der Waals surface area contributed by atoms with Crippen LogP contribution in [0.2, 0.25) is 0 Å². The van der Waals surface area contributed by atoms with Crippen molar-refractivity contribution >= 4 is 28.5 Å². The van der Waals surface area contributed by atoms with Gasteiger partial charge >= 0.3 is 0 Å². The summed E-state index contributed by atoms with van der Waals surface area (Å²) in [6, 6.07) is 8.34. The molecular weight excluding hydrogens is 357 g/mol. The van der Waals surface area contributed by atoms with Crippen molar-refractivity contribution in [3.8, 4) is 0 Å². The van der Waals surface area contributed by atoms with Gasteiger partial charge in [-0.2, -0.15) is 0 Å². The standard InChI is InChI=1S/C21H20FN5O/c22-13-5-6-14-15(11-13)17-3-2-10-27(17)19-8-7-16-20(26-19)21(25-12-24-16)23-9-1-4-18(14)28/h5-8,11-12,17H,1-4,9-10H2,(H,23,24,25). The zero-order valence-electron chi connectivity index (χ0n) is 15.4. The van der Waals surface area contributed by atoms with E-state index in [0.29, 0.717) is 30.8 Å². The minimum absolute atomic E-state index is 0.0513. The van der Waals surface area contributed by atoms with Crippen molar-refractivity contribution in [3.63, 3.8) is 0 Å². The quantitative estimate of drug-likeness (QED) is 0.641. The van der Waals surface area contributed by atoms with Crippen LogP contribution in [0.5, 0.6) is 0 Å². The van der Waals surface area contributed by atoms with Gasteiger partial charge in [0, 0.05) is 25.1 Å². The molecule has 1 aromatic carbocycles. The number of hydrogen-bond donors (Lipinski definition) is 1. The van der Waals surface area contributed by atoms with E-state index in [1.54, 1.807) is 6.07 Å². The first-order valence-corrected chi connectivity index (χ1v) is 9.65. The van der Waals surface area contributed by atoms with E-state index in [4.69, 9.17) is 4.98 Å². The molecule has 0 spiro atoms. The molecule has 6 nitrogen and oxygen atoms in total. The van der Waals surface area contributed by atoms with Gasteiger partial charge in [-0.05, 0) is 55.2 Å². The molecule has 0 amide bonds. The van der Waals surface area contributed by atoms with Gasteiger partial charge in [-0.25, -0.2) is 19.3 Å². The fourth-order valence-electron chi connectivity index (χ4n) is 4.24. The summed E-state index contributed by atoms with van der Waals surface area (Å²) in [6.45, 7) is 1.41. The first-order chi connectivity index (χ1) is 13.7. The third-order valence-corrected chi connectivity index (χ3v) is 5.56. The topological polar surface area (TPSA) is 71.0 Å². The minimum Gasteiger partial charge on any atom is -0.368 e. The van der Waals surface area contributed by atoms with Crippen molar-refractivity contribution in [1.29, 1.82) is 0 Å². The Balaban J connectivity index is 1.69. The lowest BCUT2D eigenvalue weighted by molar-refractivity contribution is 0.0979. The first kappa shape index (κ1) is 17.0. The summed E-state index contributed by atoms with van der Waals surface area (Å²) in [7, 11) is 0. The van der Waals surface area contributed by atoms with Crippen LogP contribution in [0.4, 0.5) is 16.0 Å². The SMILES string of the molecule is O=C1CCCNc2ncnc3ccc(nc23)N2CCCC2c2cc(F)ccc21. The molecule has 5 rings (SSSR count). The molecule has 4 heterocycles. The lowest BCUT2D eigenvalue weighted by Gasteiger charge is -2.27. The highest BCUT2D eigenvalue weighted by atomic mass is 19.1. The molecule has 3 aromatic rings. The highest BCUT2D eigenvalue weighted by Gasteiger charge is 2.31. The van der Waals surface area contributed by atoms with Crippen LogP contribution in [0.25, 0.3) is 11.0 Å². The van der Waals surface area contributed by atoms with Gasteiger partial charge < -0.3 is 10.2 Å². The normalized spacial score (nSPS) is 19.4. The number of anilines is 2. The predicted molar refractivity (Wildman–Crippen MR) is 105 cm³/mol. The van der Waals surface area contributed by atoms with Gasteiger partial charge in [0.05, 0.1) is 11.6 Å². The fraction of sp³-hybridized carbons (Fsp3) is 0.333. The summed E-state index contributed by atoms with van der Waals surface area (Å²) in [5.41, 5.74) is 2.88. The molecule has 1 atom stereocenters. The van der Waals surface area contributed by atoms with Crippen LogP contribution in [0.15, 0.2) is 36.7 Å². The second-order valence-electron chi connectivity index (χ2n) is 7.30. The van der Waals surface area contributed by atoms with Crippen molar-refractivity contribution in [2.75, 3.05) is 23.3 Å². The van der Waals surface area contributed by atoms with Crippen molar-refractivity contribution < 1.29 is 9.18 Å². The van der Waals surface area contributed by atoms with E-state index < -0.39 is 0 Å². The molecule has 2 aliphatic heterocycles. The monoisotopic (exact) mass is 377 g/mol. The Morgan fingerprint density at radius 2 is 2.07 bits per heavy atom. The number of ketones is 1. The lowest BCUT2D eigenvalue weighted by Crippen LogP contribution is -2.25. The number of rotatable bonds is 0. The Kier molecular flexibility index (Phi) is 4.15. The molecule has 1 unspecified atom stereocenters. The average Bonchev–Trinajstić information content (AvgIpc) is 3.20. The third kappa shape index (κ3) is 2.87. The number of aromatic nitrogens is 3. The van der Waals surface area contributed by atoms with E-state index in [1.165, 1.54) is 18.5 Å². The number of carbonyl (C=O) groups excluding carboxylic acids is 1. The van der Waals surface area contributed by atoms with Crippen LogP contribution in [0, 0.1) is 5.82 Å². The lowest BCUT2D eigenvalue weighted by atomic mass is 9.94. The van der Waals surface area contributed by atoms with E-state index in [1.807, 2.05) is 12.1 Å². The van der Waals surface area contributed by atoms with E-state index in [2.05, 4.69) is 20.2 Å². The molecular formula is C21H20FN5O. The Hall–Kier alpha value is -3.09. The number of hydrogen-bond acceptors (Lipinski definition) is 6. The van der Waals surface area contributed by atoms with Crippen LogP contribution in [0.1, 0.15) is 47.6 Å². The molecule has 1 fully saturated rings. The van der Waals surface area contributed by atoms with Crippen molar-refractivity contribution in [1.82, 2.24) is 15.0 Å². The Morgan fingerprint density at radius 3 is 3.00 bits per heavy atom. The number of nitrogens with one attached hydrogen (secondary N) is 1. The Labute approximate surface area is 161 Å². The van der Waals surface area contributed by atoms with Gasteiger partial charge in [0.2, 0.25) is 0 Å². The minimum atomic E-state index is -0.313. The third-order valence-electron chi connectivity index (χ3n) is 5.56. The first-order valence-electron chi connectivity index (χ1n) is 9.65. The number of benzene rings is 1. The van der Waals surface area contributed by atoms with Gasteiger partial charge in [0.25, 0.3) is 0 Å². The van der Waals surface area contributed by atoms with Crippen molar-refractivity contribution in [2.45, 2.75) is 31.7 Å². The average molecular weight is 377 g/mol. The van der Waals surface area contributed by atoms with Gasteiger partial charge in [0.1, 0.15) is 23.5 Å². The number of nitrogens with zero attached hydrogens (tertiary/aromatic N) is 4. The largest absolute Gasteiger partial charge is 0.368 e. The molecule has 7 heteroatoms. The van der Waals surface area contributed by atoms with Gasteiger partial charge in [-0.3, -0.25) is 4.79 Å². The van der Waals surface area contributed by atoms with Crippen molar-refractivity contribution in [3.05, 3.63) is 53.6 Å². The highest BCUT2D eigenvalue weighted by molar-refractivity contribution is 5.98. The molecule has 2 bridgehead atoms. The van der Waals surface area contributed by atoms with Crippen LogP contribution in [-0.2, 0) is 0 Å². The van der Waals surface area contributed by atoms with Crippen molar-refractivity contribution in [2.24, 2.45) is 0 Å².